The molecular formula is C18H19ClFNO4. The Balaban J connectivity index is 2.00. The number of carbonyl (C=O) groups excluding carboxylic acids is 1. The molecule has 134 valence electrons. The molecule has 0 heterocycles. The van der Waals surface area contributed by atoms with Gasteiger partial charge in [0.2, 0.25) is 0 Å². The van der Waals surface area contributed by atoms with E-state index in [4.69, 9.17) is 25.8 Å². The lowest BCUT2D eigenvalue weighted by Crippen LogP contribution is -2.31. The number of benzene rings is 2. The minimum Gasteiger partial charge on any atom is -0.497 e. The number of halogens is 2. The number of amides is 1. The van der Waals surface area contributed by atoms with Gasteiger partial charge in [0.1, 0.15) is 23.1 Å². The zero-order valence-corrected chi connectivity index (χ0v) is 14.9. The summed E-state index contributed by atoms with van der Waals surface area (Å²) in [5, 5.41) is 2.91. The van der Waals surface area contributed by atoms with Crippen molar-refractivity contribution in [1.29, 1.82) is 0 Å². The number of hydrogen-bond acceptors (Lipinski definition) is 4. The zero-order chi connectivity index (χ0) is 18.4. The monoisotopic (exact) mass is 367 g/mol. The topological polar surface area (TPSA) is 56.8 Å². The fraction of sp³-hybridized carbons (Fsp3) is 0.278. The molecule has 25 heavy (non-hydrogen) atoms. The van der Waals surface area contributed by atoms with Crippen molar-refractivity contribution in [1.82, 2.24) is 5.32 Å². The van der Waals surface area contributed by atoms with Gasteiger partial charge in [-0.25, -0.2) is 4.39 Å². The van der Waals surface area contributed by atoms with Crippen LogP contribution in [0.5, 0.6) is 17.2 Å². The highest BCUT2D eigenvalue weighted by molar-refractivity contribution is 6.32. The summed E-state index contributed by atoms with van der Waals surface area (Å²) in [4.78, 5) is 12.1. The molecule has 0 fully saturated rings. The van der Waals surface area contributed by atoms with E-state index in [1.807, 2.05) is 6.92 Å². The first-order valence-electron chi connectivity index (χ1n) is 7.53. The lowest BCUT2D eigenvalue weighted by Gasteiger charge is -2.18. The van der Waals surface area contributed by atoms with Crippen LogP contribution in [0.15, 0.2) is 36.4 Å². The third-order valence-corrected chi connectivity index (χ3v) is 3.83. The van der Waals surface area contributed by atoms with Gasteiger partial charge < -0.3 is 19.5 Å². The second kappa shape index (κ2) is 8.58. The van der Waals surface area contributed by atoms with Gasteiger partial charge in [-0.05, 0) is 43.3 Å². The molecule has 0 radical (unpaired) electrons. The van der Waals surface area contributed by atoms with Gasteiger partial charge in [-0.15, -0.1) is 0 Å². The van der Waals surface area contributed by atoms with Crippen molar-refractivity contribution < 1.29 is 23.4 Å². The van der Waals surface area contributed by atoms with Gasteiger partial charge >= 0.3 is 0 Å². The fourth-order valence-electron chi connectivity index (χ4n) is 2.27. The molecule has 0 saturated carbocycles. The first-order chi connectivity index (χ1) is 11.9. The van der Waals surface area contributed by atoms with E-state index in [1.54, 1.807) is 32.4 Å². The number of carbonyl (C=O) groups is 1. The lowest BCUT2D eigenvalue weighted by molar-refractivity contribution is -0.123. The molecule has 0 aliphatic rings. The van der Waals surface area contributed by atoms with Crippen LogP contribution < -0.4 is 19.5 Å². The summed E-state index contributed by atoms with van der Waals surface area (Å²) in [6.45, 7) is 1.57. The van der Waals surface area contributed by atoms with Gasteiger partial charge in [-0.2, -0.15) is 0 Å². The molecule has 1 amide bonds. The first-order valence-corrected chi connectivity index (χ1v) is 7.91. The van der Waals surface area contributed by atoms with Gasteiger partial charge in [-0.3, -0.25) is 4.79 Å². The number of nitrogens with one attached hydrogen (secondary N) is 1. The Morgan fingerprint density at radius 3 is 2.52 bits per heavy atom. The summed E-state index contributed by atoms with van der Waals surface area (Å²) in [5.74, 6) is 0.713. The van der Waals surface area contributed by atoms with E-state index in [0.717, 1.165) is 11.6 Å². The highest BCUT2D eigenvalue weighted by atomic mass is 35.5. The maximum atomic E-state index is 13.0. The molecule has 0 aromatic heterocycles. The van der Waals surface area contributed by atoms with Crippen molar-refractivity contribution in [2.75, 3.05) is 20.8 Å². The van der Waals surface area contributed by atoms with Crippen LogP contribution >= 0.6 is 11.6 Å². The van der Waals surface area contributed by atoms with E-state index in [0.29, 0.717) is 11.5 Å². The molecule has 0 saturated heterocycles. The van der Waals surface area contributed by atoms with Crippen molar-refractivity contribution in [2.45, 2.75) is 13.0 Å². The van der Waals surface area contributed by atoms with E-state index in [9.17, 15) is 9.18 Å². The molecule has 7 heteroatoms. The quantitative estimate of drug-likeness (QED) is 0.809. The molecule has 2 aromatic rings. The molecule has 0 spiro atoms. The summed E-state index contributed by atoms with van der Waals surface area (Å²) < 4.78 is 28.8. The highest BCUT2D eigenvalue weighted by Gasteiger charge is 2.16. The van der Waals surface area contributed by atoms with Crippen molar-refractivity contribution in [2.24, 2.45) is 0 Å². The Hall–Kier alpha value is -2.47. The summed E-state index contributed by atoms with van der Waals surface area (Å²) >= 11 is 5.86. The van der Waals surface area contributed by atoms with Gasteiger partial charge in [-0.1, -0.05) is 11.6 Å². The van der Waals surface area contributed by atoms with Crippen LogP contribution in [0.4, 0.5) is 4.39 Å². The van der Waals surface area contributed by atoms with Crippen LogP contribution in [0, 0.1) is 5.82 Å². The Kier molecular flexibility index (Phi) is 6.47. The van der Waals surface area contributed by atoms with Crippen LogP contribution in [0.3, 0.4) is 0 Å². The first kappa shape index (κ1) is 18.9. The largest absolute Gasteiger partial charge is 0.497 e. The van der Waals surface area contributed by atoms with Crippen molar-refractivity contribution in [3.63, 3.8) is 0 Å². The minimum absolute atomic E-state index is 0.107. The average Bonchev–Trinajstić information content (AvgIpc) is 2.60. The average molecular weight is 368 g/mol. The summed E-state index contributed by atoms with van der Waals surface area (Å²) in [5.41, 5.74) is 0.773. The highest BCUT2D eigenvalue weighted by Crippen LogP contribution is 2.29. The Bertz CT molecular complexity index is 754. The number of ether oxygens (including phenoxy) is 3. The summed E-state index contributed by atoms with van der Waals surface area (Å²) in [7, 11) is 3.12. The van der Waals surface area contributed by atoms with Gasteiger partial charge in [0, 0.05) is 5.56 Å². The summed E-state index contributed by atoms with van der Waals surface area (Å²) in [6, 6.07) is 8.72. The van der Waals surface area contributed by atoms with Crippen molar-refractivity contribution >= 4 is 17.5 Å². The van der Waals surface area contributed by atoms with Gasteiger partial charge in [0.25, 0.3) is 5.91 Å². The molecule has 0 unspecified atom stereocenters. The molecule has 1 atom stereocenters. The van der Waals surface area contributed by atoms with E-state index < -0.39 is 5.82 Å². The molecule has 5 nitrogen and oxygen atoms in total. The Labute approximate surface area is 150 Å². The Morgan fingerprint density at radius 1 is 1.16 bits per heavy atom. The van der Waals surface area contributed by atoms with Gasteiger partial charge in [0.15, 0.2) is 6.61 Å². The molecule has 2 aromatic carbocycles. The molecule has 0 bridgehead atoms. The second-order valence-electron chi connectivity index (χ2n) is 5.26. The third-order valence-electron chi connectivity index (χ3n) is 3.53. The number of hydrogen-bond donors (Lipinski definition) is 1. The SMILES string of the molecule is COc1ccc(OC)c([C@@H](C)NC(=O)COc2ccc(F)cc2Cl)c1. The van der Waals surface area contributed by atoms with Crippen LogP contribution in [0.1, 0.15) is 18.5 Å². The number of rotatable bonds is 7. The predicted molar refractivity (Wildman–Crippen MR) is 93.0 cm³/mol. The van der Waals surface area contributed by atoms with Crippen molar-refractivity contribution in [3.8, 4) is 17.2 Å². The lowest BCUT2D eigenvalue weighted by atomic mass is 10.1. The maximum Gasteiger partial charge on any atom is 0.258 e. The van der Waals surface area contributed by atoms with E-state index in [-0.39, 0.29) is 29.3 Å². The van der Waals surface area contributed by atoms with Crippen LogP contribution in [0.2, 0.25) is 5.02 Å². The van der Waals surface area contributed by atoms with Crippen LogP contribution in [-0.2, 0) is 4.79 Å². The van der Waals surface area contributed by atoms with E-state index in [2.05, 4.69) is 5.32 Å². The minimum atomic E-state index is -0.472. The Morgan fingerprint density at radius 2 is 1.88 bits per heavy atom. The molecule has 0 aliphatic heterocycles. The van der Waals surface area contributed by atoms with Crippen LogP contribution in [-0.4, -0.2) is 26.7 Å². The molecule has 2 rings (SSSR count). The molecule has 1 N–H and O–H groups in total. The second-order valence-corrected chi connectivity index (χ2v) is 5.67. The van der Waals surface area contributed by atoms with Crippen molar-refractivity contribution in [3.05, 3.63) is 52.8 Å². The van der Waals surface area contributed by atoms with E-state index in [1.165, 1.54) is 12.1 Å². The van der Waals surface area contributed by atoms with Crippen LogP contribution in [0.25, 0.3) is 0 Å². The van der Waals surface area contributed by atoms with Gasteiger partial charge in [0.05, 0.1) is 25.3 Å². The molecular weight excluding hydrogens is 349 g/mol. The normalized spacial score (nSPS) is 11.6. The molecule has 0 aliphatic carbocycles. The maximum absolute atomic E-state index is 13.0. The van der Waals surface area contributed by atoms with E-state index >= 15 is 0 Å². The zero-order valence-electron chi connectivity index (χ0n) is 14.1. The third kappa shape index (κ3) is 5.00. The smallest absolute Gasteiger partial charge is 0.258 e. The standard InChI is InChI=1S/C18H19ClFNO4/c1-11(14-9-13(23-2)5-7-16(14)24-3)21-18(22)10-25-17-6-4-12(20)8-15(17)19/h4-9,11H,10H2,1-3H3,(H,21,22)/t11-/m1/s1. The number of methoxy groups -OCH3 is 2. The summed E-state index contributed by atoms with van der Waals surface area (Å²) in [6.07, 6.45) is 0. The predicted octanol–water partition coefficient (Wildman–Crippen LogP) is 3.75. The fourth-order valence-corrected chi connectivity index (χ4v) is 2.50.